The molecule has 10 heteroatoms. The normalized spacial score (nSPS) is 12.7. The van der Waals surface area contributed by atoms with Crippen LogP contribution in [0.3, 0.4) is 0 Å². The van der Waals surface area contributed by atoms with Crippen LogP contribution >= 0.6 is 11.3 Å². The van der Waals surface area contributed by atoms with Crippen LogP contribution in [-0.4, -0.2) is 51.5 Å². The van der Waals surface area contributed by atoms with Gasteiger partial charge >= 0.3 is 5.97 Å². The fourth-order valence-corrected chi connectivity index (χ4v) is 5.21. The number of carbonyl (C=O) groups excluding carboxylic acids is 2. The number of carboxylic acids is 1. The summed E-state index contributed by atoms with van der Waals surface area (Å²) in [5, 5.41) is 14.6. The van der Waals surface area contributed by atoms with Gasteiger partial charge in [-0.3, -0.25) is 14.4 Å². The first-order valence-corrected chi connectivity index (χ1v) is 14.8. The highest BCUT2D eigenvalue weighted by Gasteiger charge is 2.26. The summed E-state index contributed by atoms with van der Waals surface area (Å²) in [6.45, 7) is 10.1. The number of benzene rings is 2. The molecule has 43 heavy (non-hydrogen) atoms. The molecule has 0 fully saturated rings. The highest BCUT2D eigenvalue weighted by atomic mass is 32.1. The zero-order chi connectivity index (χ0) is 31.1. The van der Waals surface area contributed by atoms with E-state index in [1.807, 2.05) is 61.5 Å². The summed E-state index contributed by atoms with van der Waals surface area (Å²) in [5.41, 5.74) is 3.31. The molecule has 0 aliphatic rings. The lowest BCUT2D eigenvalue weighted by Crippen LogP contribution is -2.51. The molecule has 9 nitrogen and oxygen atoms in total. The third-order valence-electron chi connectivity index (χ3n) is 6.72. The van der Waals surface area contributed by atoms with Crippen molar-refractivity contribution >= 4 is 29.1 Å². The van der Waals surface area contributed by atoms with Crippen LogP contribution in [0.2, 0.25) is 0 Å². The van der Waals surface area contributed by atoms with Crippen LogP contribution in [-0.2, 0) is 21.4 Å². The third-order valence-corrected chi connectivity index (χ3v) is 8.23. The Morgan fingerprint density at radius 1 is 0.884 bits per heavy atom. The fourth-order valence-electron chi connectivity index (χ4n) is 4.24. The summed E-state index contributed by atoms with van der Waals surface area (Å²) in [5.74, 6) is -0.772. The average molecular weight is 601 g/mol. The van der Waals surface area contributed by atoms with Gasteiger partial charge in [0.1, 0.15) is 17.8 Å². The maximum absolute atomic E-state index is 13.1. The van der Waals surface area contributed by atoms with Crippen LogP contribution in [0.1, 0.15) is 54.7 Å². The van der Waals surface area contributed by atoms with E-state index < -0.39 is 24.0 Å². The Labute approximate surface area is 255 Å². The van der Waals surface area contributed by atoms with E-state index in [0.717, 1.165) is 32.9 Å². The van der Waals surface area contributed by atoms with Crippen molar-refractivity contribution in [3.05, 3.63) is 88.4 Å². The Bertz CT molecular complexity index is 1560. The number of hydrogen-bond donors (Lipinski definition) is 3. The van der Waals surface area contributed by atoms with Gasteiger partial charge < -0.3 is 20.5 Å². The summed E-state index contributed by atoms with van der Waals surface area (Å²) in [6.07, 6.45) is 3.70. The highest BCUT2D eigenvalue weighted by molar-refractivity contribution is 7.14. The van der Waals surface area contributed by atoms with E-state index in [2.05, 4.69) is 41.4 Å². The standard InChI is InChI=1S/C33H36N4O5S/c1-6-42-25-13-11-22(12-14-25)24-18-34-29(35-19-24)23-9-7-21(8-10-23)17-26(30(38)36-20(2)32(40)41)37-31(39)27-15-16-28(43-27)33(3,4)5/h7-16,18-20,26H,6,17H2,1-5H3,(H,36,38)(H,37,39)(H,40,41)/t20-,26+/m1/s1. The zero-order valence-electron chi connectivity index (χ0n) is 24.9. The summed E-state index contributed by atoms with van der Waals surface area (Å²) < 4.78 is 5.50. The van der Waals surface area contributed by atoms with Crippen LogP contribution in [0.5, 0.6) is 5.75 Å². The van der Waals surface area contributed by atoms with Gasteiger partial charge in [0.15, 0.2) is 5.82 Å². The Morgan fingerprint density at radius 2 is 1.51 bits per heavy atom. The van der Waals surface area contributed by atoms with E-state index in [0.29, 0.717) is 17.3 Å². The molecule has 4 rings (SSSR count). The van der Waals surface area contributed by atoms with Crippen molar-refractivity contribution in [3.63, 3.8) is 0 Å². The van der Waals surface area contributed by atoms with E-state index in [4.69, 9.17) is 4.74 Å². The maximum atomic E-state index is 13.1. The first-order valence-electron chi connectivity index (χ1n) is 14.0. The van der Waals surface area contributed by atoms with Crippen molar-refractivity contribution in [1.29, 1.82) is 0 Å². The van der Waals surface area contributed by atoms with Crippen molar-refractivity contribution in [2.24, 2.45) is 0 Å². The van der Waals surface area contributed by atoms with E-state index >= 15 is 0 Å². The average Bonchev–Trinajstić information content (AvgIpc) is 3.50. The number of rotatable bonds is 11. The van der Waals surface area contributed by atoms with Crippen molar-refractivity contribution < 1.29 is 24.2 Å². The number of carbonyl (C=O) groups is 3. The van der Waals surface area contributed by atoms with Gasteiger partial charge in [0.2, 0.25) is 5.91 Å². The largest absolute Gasteiger partial charge is 0.494 e. The maximum Gasteiger partial charge on any atom is 0.325 e. The number of nitrogens with one attached hydrogen (secondary N) is 2. The topological polar surface area (TPSA) is 131 Å². The molecule has 0 saturated carbocycles. The summed E-state index contributed by atoms with van der Waals surface area (Å²) in [4.78, 5) is 48.1. The van der Waals surface area contributed by atoms with Crippen molar-refractivity contribution in [2.75, 3.05) is 6.61 Å². The molecule has 4 aromatic rings. The van der Waals surface area contributed by atoms with Crippen molar-refractivity contribution in [3.8, 4) is 28.3 Å². The van der Waals surface area contributed by atoms with E-state index in [9.17, 15) is 19.5 Å². The minimum absolute atomic E-state index is 0.113. The molecule has 2 atom stereocenters. The smallest absolute Gasteiger partial charge is 0.325 e. The molecule has 2 aromatic carbocycles. The number of carboxylic acid groups (broad SMARTS) is 1. The number of nitrogens with zero attached hydrogens (tertiary/aromatic N) is 2. The predicted octanol–water partition coefficient (Wildman–Crippen LogP) is 5.50. The van der Waals surface area contributed by atoms with Crippen LogP contribution in [0, 0.1) is 0 Å². The third kappa shape index (κ3) is 8.26. The SMILES string of the molecule is CCOc1ccc(-c2cnc(-c3ccc(C[C@H](NC(=O)c4ccc(C(C)(C)C)s4)C(=O)N[C@H](C)C(=O)O)cc3)nc2)cc1. The molecular formula is C33H36N4O5S. The van der Waals surface area contributed by atoms with Gasteiger partial charge in [-0.25, -0.2) is 9.97 Å². The molecule has 0 radical (unpaired) electrons. The number of amides is 2. The summed E-state index contributed by atoms with van der Waals surface area (Å²) >= 11 is 1.37. The summed E-state index contributed by atoms with van der Waals surface area (Å²) in [6, 6.07) is 16.7. The molecule has 0 aliphatic carbocycles. The fraction of sp³-hybridized carbons (Fsp3) is 0.303. The monoisotopic (exact) mass is 600 g/mol. The van der Waals surface area contributed by atoms with Crippen LogP contribution < -0.4 is 15.4 Å². The lowest BCUT2D eigenvalue weighted by atomic mass is 9.95. The van der Waals surface area contributed by atoms with Crippen molar-refractivity contribution in [1.82, 2.24) is 20.6 Å². The Kier molecular flexibility index (Phi) is 9.92. The number of aromatic nitrogens is 2. The second-order valence-corrected chi connectivity index (χ2v) is 12.2. The van der Waals surface area contributed by atoms with Gasteiger partial charge in [-0.2, -0.15) is 0 Å². The number of aliphatic carboxylic acids is 1. The molecule has 0 aliphatic heterocycles. The van der Waals surface area contributed by atoms with Gasteiger partial charge in [-0.05, 0) is 54.7 Å². The molecule has 0 spiro atoms. The number of thiophene rings is 1. The summed E-state index contributed by atoms with van der Waals surface area (Å²) in [7, 11) is 0. The lowest BCUT2D eigenvalue weighted by Gasteiger charge is -2.20. The Balaban J connectivity index is 1.48. The second-order valence-electron chi connectivity index (χ2n) is 11.2. The zero-order valence-corrected chi connectivity index (χ0v) is 25.7. The van der Waals surface area contributed by atoms with Crippen molar-refractivity contribution in [2.45, 2.75) is 58.5 Å². The second kappa shape index (κ2) is 13.6. The Hall–Kier alpha value is -4.57. The molecule has 3 N–H and O–H groups in total. The van der Waals surface area contributed by atoms with Gasteiger partial charge in [0.25, 0.3) is 5.91 Å². The first-order chi connectivity index (χ1) is 20.4. The predicted molar refractivity (Wildman–Crippen MR) is 167 cm³/mol. The molecule has 2 heterocycles. The van der Waals surface area contributed by atoms with Crippen LogP contribution in [0.15, 0.2) is 73.1 Å². The Morgan fingerprint density at radius 3 is 2.07 bits per heavy atom. The van der Waals surface area contributed by atoms with Gasteiger partial charge in [-0.1, -0.05) is 57.2 Å². The van der Waals surface area contributed by atoms with Crippen LogP contribution in [0.25, 0.3) is 22.5 Å². The quantitative estimate of drug-likeness (QED) is 0.207. The molecule has 0 bridgehead atoms. The molecule has 2 amide bonds. The minimum atomic E-state index is -1.16. The number of ether oxygens (including phenoxy) is 1. The molecular weight excluding hydrogens is 564 g/mol. The first kappa shape index (κ1) is 31.4. The molecule has 224 valence electrons. The van der Waals surface area contributed by atoms with E-state index in [1.165, 1.54) is 18.3 Å². The highest BCUT2D eigenvalue weighted by Crippen LogP contribution is 2.29. The lowest BCUT2D eigenvalue weighted by molar-refractivity contribution is -0.141. The van der Waals surface area contributed by atoms with E-state index in [1.54, 1.807) is 18.5 Å². The minimum Gasteiger partial charge on any atom is -0.494 e. The van der Waals surface area contributed by atoms with Gasteiger partial charge in [0.05, 0.1) is 11.5 Å². The molecule has 0 unspecified atom stereocenters. The molecule has 2 aromatic heterocycles. The molecule has 0 saturated heterocycles. The van der Waals surface area contributed by atoms with Crippen LogP contribution in [0.4, 0.5) is 0 Å². The van der Waals surface area contributed by atoms with E-state index in [-0.39, 0.29) is 17.7 Å². The van der Waals surface area contributed by atoms with Gasteiger partial charge in [0, 0.05) is 34.8 Å². The number of hydrogen-bond acceptors (Lipinski definition) is 7. The van der Waals surface area contributed by atoms with Gasteiger partial charge in [-0.15, -0.1) is 11.3 Å².